The van der Waals surface area contributed by atoms with Crippen LogP contribution in [0.1, 0.15) is 31.7 Å². The van der Waals surface area contributed by atoms with E-state index in [9.17, 15) is 9.59 Å². The lowest BCUT2D eigenvalue weighted by Gasteiger charge is -2.30. The number of carbonyl (C=O) groups excluding carboxylic acids is 1. The Labute approximate surface area is 136 Å². The van der Waals surface area contributed by atoms with E-state index in [1.807, 2.05) is 24.3 Å². The second-order valence-corrected chi connectivity index (χ2v) is 5.67. The molecule has 1 aromatic rings. The summed E-state index contributed by atoms with van der Waals surface area (Å²) in [4.78, 5) is 24.7. The molecule has 6 heteroatoms. The quantitative estimate of drug-likeness (QED) is 0.866. The monoisotopic (exact) mass is 321 g/mol. The molecule has 0 bridgehead atoms. The summed E-state index contributed by atoms with van der Waals surface area (Å²) in [6.45, 7) is 4.80. The molecule has 1 aliphatic heterocycles. The lowest BCUT2D eigenvalue weighted by atomic mass is 9.98. The topological polar surface area (TPSA) is 76.1 Å². The number of carboxylic acids is 1. The van der Waals surface area contributed by atoms with Crippen molar-refractivity contribution in [2.75, 3.05) is 26.3 Å². The number of benzene rings is 1. The molecule has 2 atom stereocenters. The van der Waals surface area contributed by atoms with Crippen LogP contribution in [0.5, 0.6) is 5.75 Å². The van der Waals surface area contributed by atoms with Gasteiger partial charge in [-0.3, -0.25) is 4.79 Å². The second kappa shape index (κ2) is 7.97. The third-order valence-electron chi connectivity index (χ3n) is 4.11. The highest BCUT2D eigenvalue weighted by Gasteiger charge is 2.29. The number of nitrogens with zero attached hydrogens (tertiary/aromatic N) is 1. The maximum absolute atomic E-state index is 12.2. The number of carboxylic acid groups (broad SMARTS) is 1. The van der Waals surface area contributed by atoms with Crippen LogP contribution in [0, 0.1) is 0 Å². The Kier molecular flexibility index (Phi) is 5.98. The molecule has 126 valence electrons. The fourth-order valence-electron chi connectivity index (χ4n) is 2.49. The van der Waals surface area contributed by atoms with Gasteiger partial charge in [-0.15, -0.1) is 0 Å². The van der Waals surface area contributed by atoms with Crippen molar-refractivity contribution in [3.05, 3.63) is 29.8 Å². The highest BCUT2D eigenvalue weighted by atomic mass is 16.5. The van der Waals surface area contributed by atoms with Crippen LogP contribution < -0.4 is 4.74 Å². The summed E-state index contributed by atoms with van der Waals surface area (Å²) in [6.07, 6.45) is 0.0260. The number of para-hydroxylation sites is 1. The zero-order chi connectivity index (χ0) is 16.8. The van der Waals surface area contributed by atoms with Gasteiger partial charge in [0.15, 0.2) is 12.7 Å². The molecule has 1 amide bonds. The average molecular weight is 321 g/mol. The average Bonchev–Trinajstić information content (AvgIpc) is 2.59. The van der Waals surface area contributed by atoms with Gasteiger partial charge in [-0.1, -0.05) is 32.0 Å². The zero-order valence-corrected chi connectivity index (χ0v) is 13.5. The van der Waals surface area contributed by atoms with E-state index in [0.717, 1.165) is 12.0 Å². The normalized spacial score (nSPS) is 19.2. The van der Waals surface area contributed by atoms with Crippen molar-refractivity contribution >= 4 is 11.9 Å². The number of morpholine rings is 1. The summed E-state index contributed by atoms with van der Waals surface area (Å²) in [6, 6.07) is 7.69. The molecule has 1 N–H and O–H groups in total. The number of hydrogen-bond donors (Lipinski definition) is 1. The summed E-state index contributed by atoms with van der Waals surface area (Å²) in [5.41, 5.74) is 1.08. The van der Waals surface area contributed by atoms with E-state index in [1.54, 1.807) is 0 Å². The Bertz CT molecular complexity index is 560. The van der Waals surface area contributed by atoms with Crippen LogP contribution in [0.25, 0.3) is 0 Å². The summed E-state index contributed by atoms with van der Waals surface area (Å²) < 4.78 is 10.8. The molecule has 0 saturated carbocycles. The molecule has 1 heterocycles. The highest BCUT2D eigenvalue weighted by Crippen LogP contribution is 2.28. The number of carbonyl (C=O) groups is 2. The van der Waals surface area contributed by atoms with Crippen molar-refractivity contribution in [3.8, 4) is 5.75 Å². The third-order valence-corrected chi connectivity index (χ3v) is 4.11. The Morgan fingerprint density at radius 3 is 2.87 bits per heavy atom. The first-order valence-corrected chi connectivity index (χ1v) is 7.86. The van der Waals surface area contributed by atoms with Crippen molar-refractivity contribution in [1.29, 1.82) is 0 Å². The number of ether oxygens (including phenoxy) is 2. The molecule has 0 aromatic heterocycles. The molecule has 1 aliphatic rings. The van der Waals surface area contributed by atoms with Gasteiger partial charge >= 0.3 is 5.97 Å². The van der Waals surface area contributed by atoms with E-state index < -0.39 is 12.1 Å². The molecule has 0 aliphatic carbocycles. The first kappa shape index (κ1) is 17.3. The van der Waals surface area contributed by atoms with Gasteiger partial charge in [-0.05, 0) is 24.0 Å². The lowest BCUT2D eigenvalue weighted by Crippen LogP contribution is -2.49. The van der Waals surface area contributed by atoms with Gasteiger partial charge in [0.05, 0.1) is 13.2 Å². The van der Waals surface area contributed by atoms with Crippen molar-refractivity contribution in [3.63, 3.8) is 0 Å². The second-order valence-electron chi connectivity index (χ2n) is 5.67. The van der Waals surface area contributed by atoms with E-state index in [2.05, 4.69) is 13.8 Å². The van der Waals surface area contributed by atoms with Crippen LogP contribution in [-0.4, -0.2) is 54.3 Å². The Hall–Kier alpha value is -2.08. The van der Waals surface area contributed by atoms with Gasteiger partial charge < -0.3 is 19.5 Å². The Balaban J connectivity index is 1.96. The Morgan fingerprint density at radius 1 is 1.43 bits per heavy atom. The van der Waals surface area contributed by atoms with Crippen LogP contribution in [-0.2, 0) is 14.3 Å². The number of rotatable bonds is 6. The predicted molar refractivity (Wildman–Crippen MR) is 84.6 cm³/mol. The molecule has 0 spiro atoms. The third kappa shape index (κ3) is 4.45. The van der Waals surface area contributed by atoms with Crippen molar-refractivity contribution in [2.24, 2.45) is 0 Å². The van der Waals surface area contributed by atoms with E-state index in [4.69, 9.17) is 14.6 Å². The van der Waals surface area contributed by atoms with E-state index in [0.29, 0.717) is 18.2 Å². The van der Waals surface area contributed by atoms with Crippen LogP contribution in [0.4, 0.5) is 0 Å². The maximum atomic E-state index is 12.2. The van der Waals surface area contributed by atoms with Gasteiger partial charge in [0.25, 0.3) is 5.91 Å². The number of amides is 1. The van der Waals surface area contributed by atoms with Gasteiger partial charge in [0.2, 0.25) is 0 Å². The van der Waals surface area contributed by atoms with E-state index in [-0.39, 0.29) is 25.7 Å². The van der Waals surface area contributed by atoms with Gasteiger partial charge in [0, 0.05) is 6.54 Å². The summed E-state index contributed by atoms with van der Waals surface area (Å²) in [7, 11) is 0. The Morgan fingerprint density at radius 2 is 2.17 bits per heavy atom. The molecule has 0 radical (unpaired) electrons. The molecule has 2 rings (SSSR count). The predicted octanol–water partition coefficient (Wildman–Crippen LogP) is 1.89. The summed E-state index contributed by atoms with van der Waals surface area (Å²) >= 11 is 0. The van der Waals surface area contributed by atoms with Crippen molar-refractivity contribution in [2.45, 2.75) is 32.3 Å². The summed E-state index contributed by atoms with van der Waals surface area (Å²) in [5, 5.41) is 8.98. The first-order chi connectivity index (χ1) is 11.0. The molecular formula is C17H23NO5. The van der Waals surface area contributed by atoms with Crippen LogP contribution in [0.2, 0.25) is 0 Å². The van der Waals surface area contributed by atoms with Crippen molar-refractivity contribution < 1.29 is 24.2 Å². The summed E-state index contributed by atoms with van der Waals surface area (Å²) in [5.74, 6) is -0.219. The number of hydrogen-bond acceptors (Lipinski definition) is 4. The highest BCUT2D eigenvalue weighted by molar-refractivity contribution is 5.79. The standard InChI is InChI=1S/C17H23NO5/c1-3-12(2)13-6-4-5-7-14(13)23-11-16(19)18-8-9-22-15(10-18)17(20)21/h4-7,12,15H,3,8-11H2,1-2H3,(H,20,21)/t12-,15+/m1/s1. The molecule has 23 heavy (non-hydrogen) atoms. The van der Waals surface area contributed by atoms with Gasteiger partial charge in [-0.25, -0.2) is 4.79 Å². The van der Waals surface area contributed by atoms with Gasteiger partial charge in [-0.2, -0.15) is 0 Å². The van der Waals surface area contributed by atoms with Crippen LogP contribution >= 0.6 is 0 Å². The van der Waals surface area contributed by atoms with E-state index >= 15 is 0 Å². The molecule has 1 aromatic carbocycles. The largest absolute Gasteiger partial charge is 0.483 e. The lowest BCUT2D eigenvalue weighted by molar-refractivity contribution is -0.159. The molecular weight excluding hydrogens is 298 g/mol. The maximum Gasteiger partial charge on any atom is 0.334 e. The molecule has 0 unspecified atom stereocenters. The SMILES string of the molecule is CC[C@@H](C)c1ccccc1OCC(=O)N1CCO[C@H](C(=O)O)C1. The molecule has 1 fully saturated rings. The van der Waals surface area contributed by atoms with Crippen molar-refractivity contribution in [1.82, 2.24) is 4.90 Å². The minimum Gasteiger partial charge on any atom is -0.483 e. The first-order valence-electron chi connectivity index (χ1n) is 7.86. The molecule has 6 nitrogen and oxygen atoms in total. The minimum atomic E-state index is -1.05. The smallest absolute Gasteiger partial charge is 0.334 e. The number of aliphatic carboxylic acids is 1. The van der Waals surface area contributed by atoms with Crippen LogP contribution in [0.3, 0.4) is 0 Å². The minimum absolute atomic E-state index is 0.0601. The molecule has 1 saturated heterocycles. The van der Waals surface area contributed by atoms with Crippen LogP contribution in [0.15, 0.2) is 24.3 Å². The van der Waals surface area contributed by atoms with Gasteiger partial charge in [0.1, 0.15) is 5.75 Å². The van der Waals surface area contributed by atoms with E-state index in [1.165, 1.54) is 4.90 Å². The fraction of sp³-hybridized carbons (Fsp3) is 0.529. The zero-order valence-electron chi connectivity index (χ0n) is 13.5. The fourth-order valence-corrected chi connectivity index (χ4v) is 2.49.